The van der Waals surface area contributed by atoms with Crippen molar-refractivity contribution in [3.8, 4) is 11.3 Å². The molecule has 2 aromatic rings. The minimum absolute atomic E-state index is 0.0395. The van der Waals surface area contributed by atoms with Gasteiger partial charge in [-0.2, -0.15) is 0 Å². The van der Waals surface area contributed by atoms with Crippen LogP contribution in [0.2, 0.25) is 0 Å². The molecular weight excluding hydrogens is 320 g/mol. The number of rotatable bonds is 7. The van der Waals surface area contributed by atoms with Gasteiger partial charge in [0, 0.05) is 18.2 Å². The highest BCUT2D eigenvalue weighted by Crippen LogP contribution is 2.21. The lowest BCUT2D eigenvalue weighted by molar-refractivity contribution is -0.161. The molecule has 1 aromatic heterocycles. The van der Waals surface area contributed by atoms with Crippen molar-refractivity contribution in [2.75, 3.05) is 13.2 Å². The zero-order chi connectivity index (χ0) is 18.2. The fourth-order valence-corrected chi connectivity index (χ4v) is 2.40. The first-order valence-electron chi connectivity index (χ1n) is 8.28. The average molecular weight is 342 g/mol. The van der Waals surface area contributed by atoms with E-state index in [4.69, 9.17) is 9.47 Å². The highest BCUT2D eigenvalue weighted by Gasteiger charge is 2.31. The molecule has 6 nitrogen and oxygen atoms in total. The number of nitrogens with zero attached hydrogens (tertiary/aromatic N) is 2. The van der Waals surface area contributed by atoms with E-state index >= 15 is 0 Å². The van der Waals surface area contributed by atoms with Crippen molar-refractivity contribution >= 4 is 11.9 Å². The average Bonchev–Trinajstić information content (AvgIpc) is 2.62. The molecule has 0 radical (unpaired) electrons. The van der Waals surface area contributed by atoms with Crippen molar-refractivity contribution in [1.82, 2.24) is 9.97 Å². The number of hydrogen-bond donors (Lipinski definition) is 0. The number of aryl methyl sites for hydroxylation is 1. The van der Waals surface area contributed by atoms with Crippen LogP contribution in [0.15, 0.2) is 36.5 Å². The molecule has 2 rings (SSSR count). The highest BCUT2D eigenvalue weighted by molar-refractivity contribution is 5.95. The Hall–Kier alpha value is -2.76. The molecule has 0 aliphatic heterocycles. The van der Waals surface area contributed by atoms with Crippen LogP contribution >= 0.6 is 0 Å². The minimum atomic E-state index is -1.06. The van der Waals surface area contributed by atoms with Crippen LogP contribution in [0.3, 0.4) is 0 Å². The second-order valence-corrected chi connectivity index (χ2v) is 5.44. The Bertz CT molecular complexity index is 713. The molecule has 0 fully saturated rings. The van der Waals surface area contributed by atoms with Crippen LogP contribution in [0, 0.1) is 12.8 Å². The van der Waals surface area contributed by atoms with Crippen molar-refractivity contribution < 1.29 is 19.1 Å². The minimum Gasteiger partial charge on any atom is -0.465 e. The molecular formula is C19H22N2O4. The largest absolute Gasteiger partial charge is 0.465 e. The van der Waals surface area contributed by atoms with Gasteiger partial charge in [-0.15, -0.1) is 0 Å². The quantitative estimate of drug-likeness (QED) is 0.569. The lowest BCUT2D eigenvalue weighted by Gasteiger charge is -2.14. The van der Waals surface area contributed by atoms with Crippen LogP contribution in [0.25, 0.3) is 11.3 Å². The van der Waals surface area contributed by atoms with E-state index < -0.39 is 17.9 Å². The Labute approximate surface area is 147 Å². The van der Waals surface area contributed by atoms with Gasteiger partial charge in [-0.1, -0.05) is 30.3 Å². The first kappa shape index (κ1) is 18.6. The van der Waals surface area contributed by atoms with Gasteiger partial charge in [-0.3, -0.25) is 9.59 Å². The summed E-state index contributed by atoms with van der Waals surface area (Å²) in [5, 5.41) is 0. The second kappa shape index (κ2) is 8.92. The Morgan fingerprint density at radius 1 is 1.04 bits per heavy atom. The van der Waals surface area contributed by atoms with E-state index in [-0.39, 0.29) is 19.6 Å². The van der Waals surface area contributed by atoms with E-state index in [2.05, 4.69) is 9.97 Å². The maximum atomic E-state index is 12.1. The Morgan fingerprint density at radius 3 is 2.20 bits per heavy atom. The summed E-state index contributed by atoms with van der Waals surface area (Å²) < 4.78 is 9.97. The first-order chi connectivity index (χ1) is 12.1. The number of ether oxygens (including phenoxy) is 2. The van der Waals surface area contributed by atoms with Crippen LogP contribution in [0.1, 0.15) is 25.2 Å². The van der Waals surface area contributed by atoms with Gasteiger partial charge in [-0.05, 0) is 26.3 Å². The number of carbonyl (C=O) groups excluding carboxylic acids is 2. The van der Waals surface area contributed by atoms with E-state index in [1.807, 2.05) is 37.3 Å². The fraction of sp³-hybridized carbons (Fsp3) is 0.368. The van der Waals surface area contributed by atoms with Gasteiger partial charge >= 0.3 is 11.9 Å². The number of hydrogen-bond acceptors (Lipinski definition) is 6. The van der Waals surface area contributed by atoms with E-state index in [0.29, 0.717) is 5.82 Å². The van der Waals surface area contributed by atoms with Crippen molar-refractivity contribution in [3.05, 3.63) is 47.9 Å². The molecule has 6 heteroatoms. The van der Waals surface area contributed by atoms with Crippen molar-refractivity contribution in [2.24, 2.45) is 5.92 Å². The molecule has 0 atom stereocenters. The summed E-state index contributed by atoms with van der Waals surface area (Å²) in [4.78, 5) is 33.0. The van der Waals surface area contributed by atoms with E-state index in [9.17, 15) is 9.59 Å². The van der Waals surface area contributed by atoms with Gasteiger partial charge in [0.1, 0.15) is 5.82 Å². The third-order valence-electron chi connectivity index (χ3n) is 3.60. The molecule has 25 heavy (non-hydrogen) atoms. The number of carbonyl (C=O) groups is 2. The lowest BCUT2D eigenvalue weighted by atomic mass is 10.0. The normalized spacial score (nSPS) is 10.6. The summed E-state index contributed by atoms with van der Waals surface area (Å²) in [6.07, 6.45) is 1.73. The van der Waals surface area contributed by atoms with Gasteiger partial charge < -0.3 is 9.47 Å². The molecule has 0 aliphatic carbocycles. The molecule has 0 N–H and O–H groups in total. The molecule has 0 spiro atoms. The Morgan fingerprint density at radius 2 is 1.64 bits per heavy atom. The van der Waals surface area contributed by atoms with Gasteiger partial charge in [0.25, 0.3) is 0 Å². The van der Waals surface area contributed by atoms with E-state index in [1.54, 1.807) is 20.0 Å². The third kappa shape index (κ3) is 4.86. The Balaban J connectivity index is 2.30. The predicted molar refractivity (Wildman–Crippen MR) is 92.7 cm³/mol. The maximum Gasteiger partial charge on any atom is 0.320 e. The van der Waals surface area contributed by atoms with Crippen molar-refractivity contribution in [2.45, 2.75) is 27.2 Å². The summed E-state index contributed by atoms with van der Waals surface area (Å²) >= 11 is 0. The zero-order valence-electron chi connectivity index (χ0n) is 14.7. The number of esters is 2. The third-order valence-corrected chi connectivity index (χ3v) is 3.60. The Kier molecular flexibility index (Phi) is 6.62. The first-order valence-corrected chi connectivity index (χ1v) is 8.28. The van der Waals surface area contributed by atoms with E-state index in [1.165, 1.54) is 0 Å². The summed E-state index contributed by atoms with van der Waals surface area (Å²) in [6.45, 7) is 5.68. The summed E-state index contributed by atoms with van der Waals surface area (Å²) in [7, 11) is 0. The molecule has 0 bridgehead atoms. The summed E-state index contributed by atoms with van der Waals surface area (Å²) in [5.74, 6) is -1.90. The maximum absolute atomic E-state index is 12.1. The zero-order valence-corrected chi connectivity index (χ0v) is 14.7. The summed E-state index contributed by atoms with van der Waals surface area (Å²) in [6, 6.07) is 9.69. The standard InChI is InChI=1S/C19H22N2O4/c1-4-24-18(22)15(19(23)25-5-2)11-16-20-12-13(3)17(21-16)14-9-7-6-8-10-14/h6-10,12,15H,4-5,11H2,1-3H3. The van der Waals surface area contributed by atoms with Crippen LogP contribution in [-0.2, 0) is 25.5 Å². The van der Waals surface area contributed by atoms with Gasteiger partial charge in [0.15, 0.2) is 5.92 Å². The molecule has 1 heterocycles. The SMILES string of the molecule is CCOC(=O)C(Cc1ncc(C)c(-c2ccccc2)n1)C(=O)OCC. The molecule has 0 unspecified atom stereocenters. The molecule has 0 saturated heterocycles. The lowest BCUT2D eigenvalue weighted by Crippen LogP contribution is -2.30. The van der Waals surface area contributed by atoms with Crippen LogP contribution < -0.4 is 0 Å². The fourth-order valence-electron chi connectivity index (χ4n) is 2.40. The second-order valence-electron chi connectivity index (χ2n) is 5.44. The molecule has 0 saturated carbocycles. The predicted octanol–water partition coefficient (Wildman–Crippen LogP) is 2.74. The highest BCUT2D eigenvalue weighted by atomic mass is 16.6. The number of benzene rings is 1. The smallest absolute Gasteiger partial charge is 0.320 e. The molecule has 1 aromatic carbocycles. The van der Waals surface area contributed by atoms with Crippen LogP contribution in [-0.4, -0.2) is 35.1 Å². The van der Waals surface area contributed by atoms with Crippen molar-refractivity contribution in [3.63, 3.8) is 0 Å². The number of aromatic nitrogens is 2. The van der Waals surface area contributed by atoms with Gasteiger partial charge in [0.2, 0.25) is 0 Å². The molecule has 0 amide bonds. The monoisotopic (exact) mass is 342 g/mol. The van der Waals surface area contributed by atoms with Crippen molar-refractivity contribution in [1.29, 1.82) is 0 Å². The molecule has 132 valence electrons. The van der Waals surface area contributed by atoms with Gasteiger partial charge in [0.05, 0.1) is 18.9 Å². The van der Waals surface area contributed by atoms with Crippen LogP contribution in [0.4, 0.5) is 0 Å². The topological polar surface area (TPSA) is 78.4 Å². The molecule has 0 aliphatic rings. The van der Waals surface area contributed by atoms with E-state index in [0.717, 1.165) is 16.8 Å². The summed E-state index contributed by atoms with van der Waals surface area (Å²) in [5.41, 5.74) is 2.64. The van der Waals surface area contributed by atoms with Crippen LogP contribution in [0.5, 0.6) is 0 Å². The van der Waals surface area contributed by atoms with Gasteiger partial charge in [-0.25, -0.2) is 9.97 Å².